The summed E-state index contributed by atoms with van der Waals surface area (Å²) in [5.74, 6) is -1.53. The van der Waals surface area contributed by atoms with Gasteiger partial charge in [-0.05, 0) is 25.0 Å². The van der Waals surface area contributed by atoms with Crippen LogP contribution in [0.4, 0.5) is 8.78 Å². The number of thioether (sulfide) groups is 1. The van der Waals surface area contributed by atoms with Crippen molar-refractivity contribution in [2.75, 3.05) is 12.3 Å². The Hall–Kier alpha value is -1.14. The number of benzene rings is 1. The number of aliphatic hydroxyl groups is 1. The predicted octanol–water partition coefficient (Wildman–Crippen LogP) is 2.48. The van der Waals surface area contributed by atoms with Gasteiger partial charge in [-0.15, -0.1) is 11.8 Å². The SMILES string of the molecule is O=C(CSc1ccc(F)cc1F)NCC1(O)CCCC1. The van der Waals surface area contributed by atoms with Gasteiger partial charge in [0.25, 0.3) is 0 Å². The van der Waals surface area contributed by atoms with Gasteiger partial charge >= 0.3 is 0 Å². The Morgan fingerprint density at radius 2 is 2.05 bits per heavy atom. The van der Waals surface area contributed by atoms with Crippen molar-refractivity contribution in [3.63, 3.8) is 0 Å². The number of halogens is 2. The van der Waals surface area contributed by atoms with Crippen LogP contribution in [0.5, 0.6) is 0 Å². The van der Waals surface area contributed by atoms with Crippen molar-refractivity contribution in [2.24, 2.45) is 0 Å². The molecule has 0 aromatic heterocycles. The Labute approximate surface area is 120 Å². The fourth-order valence-electron chi connectivity index (χ4n) is 2.26. The van der Waals surface area contributed by atoms with E-state index in [2.05, 4.69) is 5.32 Å². The molecule has 0 aliphatic heterocycles. The van der Waals surface area contributed by atoms with Gasteiger partial charge in [0.1, 0.15) is 11.6 Å². The summed E-state index contributed by atoms with van der Waals surface area (Å²) in [6, 6.07) is 3.26. The second kappa shape index (κ2) is 6.54. The Kier molecular flexibility index (Phi) is 4.99. The van der Waals surface area contributed by atoms with Crippen molar-refractivity contribution in [3.05, 3.63) is 29.8 Å². The lowest BCUT2D eigenvalue weighted by atomic mass is 10.0. The van der Waals surface area contributed by atoms with E-state index >= 15 is 0 Å². The molecule has 6 heteroatoms. The number of hydrogen-bond donors (Lipinski definition) is 2. The molecule has 1 aromatic carbocycles. The highest BCUT2D eigenvalue weighted by atomic mass is 32.2. The highest BCUT2D eigenvalue weighted by Gasteiger charge is 2.31. The van der Waals surface area contributed by atoms with Crippen molar-refractivity contribution < 1.29 is 18.7 Å². The summed E-state index contributed by atoms with van der Waals surface area (Å²) in [5, 5.41) is 12.7. The van der Waals surface area contributed by atoms with E-state index in [1.54, 1.807) is 0 Å². The van der Waals surface area contributed by atoms with E-state index < -0.39 is 17.2 Å². The van der Waals surface area contributed by atoms with Crippen LogP contribution >= 0.6 is 11.8 Å². The van der Waals surface area contributed by atoms with E-state index in [-0.39, 0.29) is 23.1 Å². The van der Waals surface area contributed by atoms with E-state index in [4.69, 9.17) is 0 Å². The van der Waals surface area contributed by atoms with Crippen molar-refractivity contribution in [1.82, 2.24) is 5.32 Å². The molecule has 110 valence electrons. The van der Waals surface area contributed by atoms with Crippen LogP contribution in [0.2, 0.25) is 0 Å². The average molecular weight is 301 g/mol. The molecule has 0 atom stereocenters. The van der Waals surface area contributed by atoms with Gasteiger partial charge in [0, 0.05) is 17.5 Å². The van der Waals surface area contributed by atoms with E-state index in [9.17, 15) is 18.7 Å². The highest BCUT2D eigenvalue weighted by molar-refractivity contribution is 8.00. The second-order valence-corrected chi connectivity index (χ2v) is 6.09. The maximum absolute atomic E-state index is 13.4. The van der Waals surface area contributed by atoms with Crippen molar-refractivity contribution in [3.8, 4) is 0 Å². The topological polar surface area (TPSA) is 49.3 Å². The molecule has 1 amide bonds. The van der Waals surface area contributed by atoms with Gasteiger partial charge in [-0.3, -0.25) is 4.79 Å². The van der Waals surface area contributed by atoms with Gasteiger partial charge in [-0.1, -0.05) is 12.8 Å². The molecule has 2 rings (SSSR count). The molecular weight excluding hydrogens is 284 g/mol. The quantitative estimate of drug-likeness (QED) is 0.822. The molecule has 3 nitrogen and oxygen atoms in total. The minimum Gasteiger partial charge on any atom is -0.388 e. The van der Waals surface area contributed by atoms with Crippen molar-refractivity contribution >= 4 is 17.7 Å². The summed E-state index contributed by atoms with van der Waals surface area (Å²) in [6.45, 7) is 0.234. The summed E-state index contributed by atoms with van der Waals surface area (Å²) < 4.78 is 26.1. The fourth-order valence-corrected chi connectivity index (χ4v) is 3.01. The summed E-state index contributed by atoms with van der Waals surface area (Å²) in [5.41, 5.74) is -0.790. The van der Waals surface area contributed by atoms with Crippen molar-refractivity contribution in [1.29, 1.82) is 0 Å². The van der Waals surface area contributed by atoms with Gasteiger partial charge in [-0.2, -0.15) is 0 Å². The highest BCUT2D eigenvalue weighted by Crippen LogP contribution is 2.28. The Morgan fingerprint density at radius 3 is 2.70 bits per heavy atom. The lowest BCUT2D eigenvalue weighted by Gasteiger charge is -2.22. The van der Waals surface area contributed by atoms with Gasteiger partial charge in [0.15, 0.2) is 0 Å². The molecule has 0 radical (unpaired) electrons. The number of amides is 1. The Bertz CT molecular complexity index is 490. The predicted molar refractivity (Wildman–Crippen MR) is 73.5 cm³/mol. The lowest BCUT2D eigenvalue weighted by Crippen LogP contribution is -2.41. The molecule has 1 aromatic rings. The molecular formula is C14H17F2NO2S. The normalized spacial score (nSPS) is 17.1. The lowest BCUT2D eigenvalue weighted by molar-refractivity contribution is -0.119. The van der Waals surface area contributed by atoms with Gasteiger partial charge in [0.05, 0.1) is 11.4 Å². The molecule has 1 aliphatic carbocycles. The molecule has 0 saturated heterocycles. The first-order chi connectivity index (χ1) is 9.48. The Morgan fingerprint density at radius 1 is 1.35 bits per heavy atom. The van der Waals surface area contributed by atoms with Crippen LogP contribution in [0.25, 0.3) is 0 Å². The second-order valence-electron chi connectivity index (χ2n) is 5.07. The van der Waals surface area contributed by atoms with Crippen LogP contribution in [0, 0.1) is 11.6 Å². The van der Waals surface area contributed by atoms with Crippen LogP contribution < -0.4 is 5.32 Å². The smallest absolute Gasteiger partial charge is 0.230 e. The summed E-state index contributed by atoms with van der Waals surface area (Å²) in [4.78, 5) is 11.9. The molecule has 0 heterocycles. The van der Waals surface area contributed by atoms with Gasteiger partial charge in [-0.25, -0.2) is 8.78 Å². The minimum absolute atomic E-state index is 0.0403. The molecule has 1 fully saturated rings. The first kappa shape index (κ1) is 15.3. The largest absolute Gasteiger partial charge is 0.388 e. The standard InChI is InChI=1S/C14H17F2NO2S/c15-10-3-4-12(11(16)7-10)20-8-13(18)17-9-14(19)5-1-2-6-14/h3-4,7,19H,1-2,5-6,8-9H2,(H,17,18). The number of carbonyl (C=O) groups excluding carboxylic acids is 1. The monoisotopic (exact) mass is 301 g/mol. The summed E-state index contributed by atoms with van der Waals surface area (Å²) in [7, 11) is 0. The molecule has 2 N–H and O–H groups in total. The molecule has 0 unspecified atom stereocenters. The Balaban J connectivity index is 1.77. The summed E-state index contributed by atoms with van der Waals surface area (Å²) in [6.07, 6.45) is 3.35. The first-order valence-corrected chi connectivity index (χ1v) is 7.54. The van der Waals surface area contributed by atoms with Gasteiger partial charge < -0.3 is 10.4 Å². The van der Waals surface area contributed by atoms with E-state index in [0.29, 0.717) is 12.8 Å². The molecule has 1 aliphatic rings. The minimum atomic E-state index is -0.790. The fraction of sp³-hybridized carbons (Fsp3) is 0.500. The van der Waals surface area contributed by atoms with Crippen LogP contribution in [0.15, 0.2) is 23.1 Å². The number of nitrogens with one attached hydrogen (secondary N) is 1. The number of rotatable bonds is 5. The van der Waals surface area contributed by atoms with E-state index in [1.807, 2.05) is 0 Å². The molecule has 0 bridgehead atoms. The molecule has 20 heavy (non-hydrogen) atoms. The number of hydrogen-bond acceptors (Lipinski definition) is 3. The third-order valence-corrected chi connectivity index (χ3v) is 4.45. The third-order valence-electron chi connectivity index (χ3n) is 3.40. The van der Waals surface area contributed by atoms with Crippen LogP contribution in [0.1, 0.15) is 25.7 Å². The van der Waals surface area contributed by atoms with Crippen LogP contribution in [-0.4, -0.2) is 28.9 Å². The maximum Gasteiger partial charge on any atom is 0.230 e. The molecule has 0 spiro atoms. The van der Waals surface area contributed by atoms with Crippen LogP contribution in [0.3, 0.4) is 0 Å². The van der Waals surface area contributed by atoms with E-state index in [1.165, 1.54) is 6.07 Å². The zero-order valence-corrected chi connectivity index (χ0v) is 11.8. The zero-order chi connectivity index (χ0) is 14.6. The maximum atomic E-state index is 13.4. The van der Waals surface area contributed by atoms with Gasteiger partial charge in [0.2, 0.25) is 5.91 Å². The zero-order valence-electron chi connectivity index (χ0n) is 11.0. The van der Waals surface area contributed by atoms with E-state index in [0.717, 1.165) is 36.7 Å². The number of carbonyl (C=O) groups is 1. The summed E-state index contributed by atoms with van der Waals surface area (Å²) >= 11 is 1.01. The average Bonchev–Trinajstić information content (AvgIpc) is 2.83. The molecule has 1 saturated carbocycles. The van der Waals surface area contributed by atoms with Crippen molar-refractivity contribution in [2.45, 2.75) is 36.2 Å². The first-order valence-electron chi connectivity index (χ1n) is 6.55. The van der Waals surface area contributed by atoms with Crippen LogP contribution in [-0.2, 0) is 4.79 Å². The third kappa shape index (κ3) is 4.18.